The fourth-order valence-electron chi connectivity index (χ4n) is 4.13. The highest BCUT2D eigenvalue weighted by atomic mass is 35.5. The van der Waals surface area contributed by atoms with Gasteiger partial charge in [0.2, 0.25) is 0 Å². The average Bonchev–Trinajstić information content (AvgIpc) is 3.61. The summed E-state index contributed by atoms with van der Waals surface area (Å²) >= 11 is 0. The molecule has 4 aromatic rings. The van der Waals surface area contributed by atoms with Crippen molar-refractivity contribution < 1.29 is 4.74 Å². The van der Waals surface area contributed by atoms with E-state index < -0.39 is 0 Å². The minimum atomic E-state index is 0. The summed E-state index contributed by atoms with van der Waals surface area (Å²) in [4.78, 5) is 12.5. The Bertz CT molecular complexity index is 1340. The van der Waals surface area contributed by atoms with Gasteiger partial charge in [-0.2, -0.15) is 0 Å². The molecule has 34 heavy (non-hydrogen) atoms. The molecule has 3 N–H and O–H groups in total. The average molecular weight is 494 g/mol. The van der Waals surface area contributed by atoms with E-state index in [0.29, 0.717) is 0 Å². The van der Waals surface area contributed by atoms with E-state index >= 15 is 0 Å². The molecule has 0 amide bonds. The van der Waals surface area contributed by atoms with Crippen LogP contribution in [0.1, 0.15) is 11.1 Å². The molecule has 0 saturated heterocycles. The van der Waals surface area contributed by atoms with Crippen LogP contribution in [0, 0.1) is 0 Å². The molecular formula is C26H25Cl2N5O. The van der Waals surface area contributed by atoms with Crippen LogP contribution >= 0.6 is 24.8 Å². The normalized spacial score (nSPS) is 14.4. The first kappa shape index (κ1) is 23.7. The van der Waals surface area contributed by atoms with Crippen LogP contribution in [-0.4, -0.2) is 42.8 Å². The van der Waals surface area contributed by atoms with E-state index in [1.54, 1.807) is 0 Å². The van der Waals surface area contributed by atoms with Gasteiger partial charge in [-0.1, -0.05) is 12.1 Å². The zero-order valence-corrected chi connectivity index (χ0v) is 20.0. The summed E-state index contributed by atoms with van der Waals surface area (Å²) < 4.78 is 6.03. The molecule has 6 rings (SSSR count). The van der Waals surface area contributed by atoms with Gasteiger partial charge in [-0.25, -0.2) is 0 Å². The molecule has 0 saturated carbocycles. The van der Waals surface area contributed by atoms with Crippen molar-refractivity contribution in [2.45, 2.75) is 0 Å². The first-order valence-electron chi connectivity index (χ1n) is 10.9. The molecule has 0 aliphatic carbocycles. The Kier molecular flexibility index (Phi) is 7.10. The van der Waals surface area contributed by atoms with Crippen molar-refractivity contribution in [1.29, 1.82) is 0 Å². The van der Waals surface area contributed by atoms with Crippen LogP contribution in [0.15, 0.2) is 82.8 Å². The Balaban J connectivity index is 0.00000137. The van der Waals surface area contributed by atoms with Crippen molar-refractivity contribution in [3.63, 3.8) is 0 Å². The molecule has 0 spiro atoms. The lowest BCUT2D eigenvalue weighted by Crippen LogP contribution is -2.19. The van der Waals surface area contributed by atoms with Crippen molar-refractivity contribution in [2.24, 2.45) is 9.98 Å². The molecule has 0 unspecified atom stereocenters. The standard InChI is InChI=1S/C26H23N5O.2ClH/c1-2-20(26-29-13-14-30-26)16-24-19(1)15-23(31-24)17-3-7-21(8-4-17)32-22-9-5-18(6-10-22)25-27-11-12-28-25;;/h1-10,15-16,31H,11-14H2,(H,27,28)(H,29,30);2*1H. The number of amidine groups is 2. The van der Waals surface area contributed by atoms with E-state index in [-0.39, 0.29) is 24.8 Å². The lowest BCUT2D eigenvalue weighted by Gasteiger charge is -2.08. The van der Waals surface area contributed by atoms with E-state index in [0.717, 1.165) is 77.3 Å². The molecule has 0 fully saturated rings. The first-order chi connectivity index (χ1) is 15.8. The van der Waals surface area contributed by atoms with Crippen LogP contribution in [-0.2, 0) is 0 Å². The largest absolute Gasteiger partial charge is 0.457 e. The lowest BCUT2D eigenvalue weighted by molar-refractivity contribution is 0.483. The fourth-order valence-corrected chi connectivity index (χ4v) is 4.13. The van der Waals surface area contributed by atoms with Gasteiger partial charge in [-0.3, -0.25) is 9.98 Å². The number of aromatic amines is 1. The monoisotopic (exact) mass is 493 g/mol. The second kappa shape index (κ2) is 10.2. The topological polar surface area (TPSA) is 73.8 Å². The maximum atomic E-state index is 6.03. The second-order valence-corrected chi connectivity index (χ2v) is 7.95. The Morgan fingerprint density at radius 3 is 1.76 bits per heavy atom. The molecule has 0 radical (unpaired) electrons. The molecule has 2 aliphatic rings. The van der Waals surface area contributed by atoms with Gasteiger partial charge in [0.25, 0.3) is 0 Å². The number of nitrogens with one attached hydrogen (secondary N) is 3. The summed E-state index contributed by atoms with van der Waals surface area (Å²) in [7, 11) is 0. The highest BCUT2D eigenvalue weighted by Crippen LogP contribution is 2.28. The predicted octanol–water partition coefficient (Wildman–Crippen LogP) is 5.17. The third-order valence-corrected chi connectivity index (χ3v) is 5.77. The summed E-state index contributed by atoms with van der Waals surface area (Å²) in [6, 6.07) is 24.8. The third-order valence-electron chi connectivity index (χ3n) is 5.77. The summed E-state index contributed by atoms with van der Waals surface area (Å²) in [5, 5.41) is 7.80. The van der Waals surface area contributed by atoms with E-state index in [1.807, 2.05) is 36.4 Å². The highest BCUT2D eigenvalue weighted by molar-refractivity contribution is 6.03. The summed E-state index contributed by atoms with van der Waals surface area (Å²) in [6.45, 7) is 3.50. The maximum Gasteiger partial charge on any atom is 0.128 e. The molecular weight excluding hydrogens is 469 g/mol. The lowest BCUT2D eigenvalue weighted by atomic mass is 10.1. The first-order valence-corrected chi connectivity index (χ1v) is 10.9. The van der Waals surface area contributed by atoms with Crippen LogP contribution in [0.25, 0.3) is 22.2 Å². The van der Waals surface area contributed by atoms with Gasteiger partial charge in [0.15, 0.2) is 0 Å². The Morgan fingerprint density at radius 1 is 0.618 bits per heavy atom. The molecule has 0 bridgehead atoms. The summed E-state index contributed by atoms with van der Waals surface area (Å²) in [6.07, 6.45) is 0. The van der Waals surface area contributed by atoms with E-state index in [1.165, 1.54) is 5.39 Å². The number of H-pyrrole nitrogens is 1. The SMILES string of the molecule is Cl.Cl.c1cc(C2=NCCN2)ccc1Oc1ccc(-c2cc3ccc(C4=NCCN4)cc3[nH]2)cc1. The van der Waals surface area contributed by atoms with E-state index in [2.05, 4.69) is 62.0 Å². The van der Waals surface area contributed by atoms with E-state index in [4.69, 9.17) is 4.74 Å². The number of hydrogen-bond donors (Lipinski definition) is 3. The molecule has 6 nitrogen and oxygen atoms in total. The van der Waals surface area contributed by atoms with Crippen molar-refractivity contribution in [1.82, 2.24) is 15.6 Å². The number of aliphatic imine (C=N–C) groups is 2. The third kappa shape index (κ3) is 4.74. The van der Waals surface area contributed by atoms with Gasteiger partial charge in [0.1, 0.15) is 23.2 Å². The minimum absolute atomic E-state index is 0. The highest BCUT2D eigenvalue weighted by Gasteiger charge is 2.11. The van der Waals surface area contributed by atoms with Gasteiger partial charge < -0.3 is 20.4 Å². The van der Waals surface area contributed by atoms with Crippen LogP contribution in [0.4, 0.5) is 0 Å². The number of rotatable bonds is 5. The van der Waals surface area contributed by atoms with Crippen molar-refractivity contribution in [2.75, 3.05) is 26.2 Å². The quantitative estimate of drug-likeness (QED) is 0.359. The number of fused-ring (bicyclic) bond motifs is 1. The van der Waals surface area contributed by atoms with Crippen LogP contribution in [0.2, 0.25) is 0 Å². The molecule has 8 heteroatoms. The zero-order valence-electron chi connectivity index (χ0n) is 18.4. The number of ether oxygens (including phenoxy) is 1. The molecule has 0 atom stereocenters. The fraction of sp³-hybridized carbons (Fsp3) is 0.154. The Hall–Kier alpha value is -3.48. The second-order valence-electron chi connectivity index (χ2n) is 7.95. The number of hydrogen-bond acceptors (Lipinski definition) is 5. The van der Waals surface area contributed by atoms with Crippen LogP contribution < -0.4 is 15.4 Å². The molecule has 174 valence electrons. The van der Waals surface area contributed by atoms with E-state index in [9.17, 15) is 0 Å². The van der Waals surface area contributed by atoms with Crippen molar-refractivity contribution in [3.8, 4) is 22.8 Å². The molecule has 3 heterocycles. The van der Waals surface area contributed by atoms with Crippen molar-refractivity contribution in [3.05, 3.63) is 83.9 Å². The number of aromatic nitrogens is 1. The summed E-state index contributed by atoms with van der Waals surface area (Å²) in [5.41, 5.74) is 5.51. The van der Waals surface area contributed by atoms with Crippen molar-refractivity contribution >= 4 is 47.4 Å². The van der Waals surface area contributed by atoms with Gasteiger partial charge >= 0.3 is 0 Å². The zero-order chi connectivity index (χ0) is 21.3. The molecule has 1 aromatic heterocycles. The Morgan fingerprint density at radius 2 is 1.18 bits per heavy atom. The predicted molar refractivity (Wildman–Crippen MR) is 144 cm³/mol. The maximum absolute atomic E-state index is 6.03. The van der Waals surface area contributed by atoms with Gasteiger partial charge in [-0.05, 0) is 66.2 Å². The van der Waals surface area contributed by atoms with Gasteiger partial charge in [0.05, 0.1) is 13.1 Å². The van der Waals surface area contributed by atoms with Crippen LogP contribution in [0.3, 0.4) is 0 Å². The minimum Gasteiger partial charge on any atom is -0.457 e. The molecule has 2 aliphatic heterocycles. The van der Waals surface area contributed by atoms with Gasteiger partial charge in [0, 0.05) is 40.8 Å². The number of halogens is 2. The number of benzene rings is 3. The molecule has 3 aromatic carbocycles. The number of nitrogens with zero attached hydrogens (tertiary/aromatic N) is 2. The smallest absolute Gasteiger partial charge is 0.128 e. The van der Waals surface area contributed by atoms with Gasteiger partial charge in [-0.15, -0.1) is 24.8 Å². The van der Waals surface area contributed by atoms with Crippen LogP contribution in [0.5, 0.6) is 11.5 Å². The Labute approximate surface area is 210 Å². The summed E-state index contributed by atoms with van der Waals surface area (Å²) in [5.74, 6) is 3.55.